The Labute approximate surface area is 267 Å². The highest BCUT2D eigenvalue weighted by molar-refractivity contribution is 6.07. The fourth-order valence-corrected chi connectivity index (χ4v) is 4.09. The molecule has 2 rings (SSSR count). The zero-order valence-electron chi connectivity index (χ0n) is 26.3. The van der Waals surface area contributed by atoms with Crippen molar-refractivity contribution >= 4 is 35.9 Å². The zero-order chi connectivity index (χ0) is 33.6. The van der Waals surface area contributed by atoms with Gasteiger partial charge in [-0.15, -0.1) is 0 Å². The van der Waals surface area contributed by atoms with Crippen molar-refractivity contribution < 1.29 is 57.2 Å². The molecule has 16 heteroatoms. The van der Waals surface area contributed by atoms with Crippen molar-refractivity contribution in [3.8, 4) is 5.75 Å². The Bertz CT molecular complexity index is 1150. The molecule has 1 aliphatic rings. The van der Waals surface area contributed by atoms with Gasteiger partial charge in [-0.1, -0.05) is 6.07 Å². The van der Waals surface area contributed by atoms with Crippen LogP contribution in [0.1, 0.15) is 35.7 Å². The highest BCUT2D eigenvalue weighted by atomic mass is 16.6. The van der Waals surface area contributed by atoms with Crippen LogP contribution in [0.15, 0.2) is 18.2 Å². The molecule has 1 atom stereocenters. The summed E-state index contributed by atoms with van der Waals surface area (Å²) in [5.74, 6) is -2.11. The lowest BCUT2D eigenvalue weighted by atomic mass is 10.0. The number of carbonyl (C=O) groups excluding carboxylic acids is 6. The largest absolute Gasteiger partial charge is 0.483 e. The van der Waals surface area contributed by atoms with Gasteiger partial charge in [0.1, 0.15) is 11.8 Å². The number of nitrogens with one attached hydrogen (secondary N) is 3. The van der Waals surface area contributed by atoms with Crippen molar-refractivity contribution in [1.29, 1.82) is 0 Å². The van der Waals surface area contributed by atoms with Crippen molar-refractivity contribution in [2.24, 2.45) is 0 Å². The number of imide groups is 2. The molecule has 1 heterocycles. The number of nitrogens with zero attached hydrogens (tertiary/aromatic N) is 1. The maximum atomic E-state index is 13.1. The molecule has 0 saturated carbocycles. The van der Waals surface area contributed by atoms with E-state index in [2.05, 4.69) is 16.0 Å². The van der Waals surface area contributed by atoms with Crippen LogP contribution in [0, 0.1) is 6.92 Å². The molecule has 1 saturated heterocycles. The Morgan fingerprint density at radius 2 is 1.41 bits per heavy atom. The van der Waals surface area contributed by atoms with E-state index in [9.17, 15) is 28.8 Å². The normalized spacial score (nSPS) is 14.3. The summed E-state index contributed by atoms with van der Waals surface area (Å²) < 4.78 is 32.5. The van der Waals surface area contributed by atoms with Crippen LogP contribution in [0.5, 0.6) is 5.75 Å². The molecule has 0 radical (unpaired) electrons. The molecule has 1 unspecified atom stereocenters. The summed E-state index contributed by atoms with van der Waals surface area (Å²) in [6, 6.07) is 3.51. The highest BCUT2D eigenvalue weighted by Gasteiger charge is 2.35. The summed E-state index contributed by atoms with van der Waals surface area (Å²) in [5.41, 5.74) is 0.514. The van der Waals surface area contributed by atoms with E-state index >= 15 is 0 Å². The van der Waals surface area contributed by atoms with E-state index in [4.69, 9.17) is 28.4 Å². The van der Waals surface area contributed by atoms with Crippen LogP contribution < -0.4 is 20.7 Å². The molecule has 1 fully saturated rings. The average molecular weight is 653 g/mol. The molecule has 0 bridgehead atoms. The summed E-state index contributed by atoms with van der Waals surface area (Å²) >= 11 is 0. The Morgan fingerprint density at radius 3 is 1.93 bits per heavy atom. The molecular weight excluding hydrogens is 608 g/mol. The van der Waals surface area contributed by atoms with Crippen LogP contribution in [0.25, 0.3) is 0 Å². The first-order chi connectivity index (χ1) is 22.2. The number of amides is 6. The van der Waals surface area contributed by atoms with Crippen molar-refractivity contribution in [3.05, 3.63) is 29.3 Å². The molecular formula is C30H44N4O12. The zero-order valence-corrected chi connectivity index (χ0v) is 26.3. The van der Waals surface area contributed by atoms with Crippen LogP contribution in [-0.4, -0.2) is 133 Å². The van der Waals surface area contributed by atoms with Crippen LogP contribution >= 0.6 is 0 Å². The van der Waals surface area contributed by atoms with Gasteiger partial charge in [0.25, 0.3) is 11.8 Å². The van der Waals surface area contributed by atoms with Crippen molar-refractivity contribution in [2.45, 2.75) is 32.7 Å². The Kier molecular flexibility index (Phi) is 18.7. The van der Waals surface area contributed by atoms with E-state index in [-0.39, 0.29) is 56.2 Å². The minimum absolute atomic E-state index is 0.0139. The van der Waals surface area contributed by atoms with Gasteiger partial charge in [0, 0.05) is 37.6 Å². The molecule has 16 nitrogen and oxygen atoms in total. The third kappa shape index (κ3) is 14.9. The van der Waals surface area contributed by atoms with Gasteiger partial charge >= 0.3 is 0 Å². The molecule has 0 spiro atoms. The molecule has 1 aromatic carbocycles. The van der Waals surface area contributed by atoms with Crippen LogP contribution in [0.4, 0.5) is 0 Å². The van der Waals surface area contributed by atoms with Gasteiger partial charge in [0.05, 0.1) is 66.1 Å². The molecule has 0 aromatic heterocycles. The van der Waals surface area contributed by atoms with E-state index in [1.54, 1.807) is 13.0 Å². The molecule has 0 aliphatic carbocycles. The maximum absolute atomic E-state index is 13.1. The fourth-order valence-electron chi connectivity index (χ4n) is 4.09. The van der Waals surface area contributed by atoms with Crippen LogP contribution in [0.2, 0.25) is 0 Å². The number of hydrogen-bond donors (Lipinski definition) is 3. The highest BCUT2D eigenvalue weighted by Crippen LogP contribution is 2.24. The number of rotatable bonds is 24. The predicted molar refractivity (Wildman–Crippen MR) is 161 cm³/mol. The summed E-state index contributed by atoms with van der Waals surface area (Å²) in [7, 11) is 0. The van der Waals surface area contributed by atoms with Gasteiger partial charge in [0.2, 0.25) is 24.1 Å². The number of ether oxygens (including phenoxy) is 6. The second kappa shape index (κ2) is 22.5. The number of piperidine rings is 1. The summed E-state index contributed by atoms with van der Waals surface area (Å²) in [6.45, 7) is 7.46. The average Bonchev–Trinajstić information content (AvgIpc) is 3.02. The van der Waals surface area contributed by atoms with Gasteiger partial charge in [0.15, 0.2) is 6.61 Å². The Balaban J connectivity index is 1.50. The smallest absolute Gasteiger partial charge is 0.261 e. The van der Waals surface area contributed by atoms with Crippen molar-refractivity contribution in [3.63, 3.8) is 0 Å². The van der Waals surface area contributed by atoms with E-state index < -0.39 is 29.7 Å². The Hall–Kier alpha value is -3.96. The third-order valence-electron chi connectivity index (χ3n) is 6.44. The first-order valence-corrected chi connectivity index (χ1v) is 15.0. The standard InChI is InChI=1S/C30H44N4O12/c1-22-24(30(40)34(21-35)25-6-7-27(37)33-29(25)39)4-3-5-26(22)46-20-28(38)32-9-11-42-13-15-44-17-19-45-18-16-43-14-12-41-10-8-31-23(2)36/h3-5,21,25H,6-20H2,1-2H3,(H,31,36)(H,32,38)(H,33,37,39). The second-order valence-corrected chi connectivity index (χ2v) is 9.90. The van der Waals surface area contributed by atoms with Crippen molar-refractivity contribution in [1.82, 2.24) is 20.9 Å². The predicted octanol–water partition coefficient (Wildman–Crippen LogP) is -0.887. The van der Waals surface area contributed by atoms with E-state index in [0.29, 0.717) is 71.6 Å². The van der Waals surface area contributed by atoms with Crippen LogP contribution in [0.3, 0.4) is 0 Å². The van der Waals surface area contributed by atoms with Gasteiger partial charge in [-0.3, -0.25) is 39.0 Å². The van der Waals surface area contributed by atoms with Crippen molar-refractivity contribution in [2.75, 3.05) is 85.8 Å². The Morgan fingerprint density at radius 1 is 0.870 bits per heavy atom. The molecule has 3 N–H and O–H groups in total. The van der Waals surface area contributed by atoms with E-state index in [0.717, 1.165) is 4.90 Å². The lowest BCUT2D eigenvalue weighted by molar-refractivity contribution is -0.139. The first kappa shape index (κ1) is 38.2. The van der Waals surface area contributed by atoms with Gasteiger partial charge in [-0.2, -0.15) is 0 Å². The first-order valence-electron chi connectivity index (χ1n) is 15.0. The molecule has 256 valence electrons. The maximum Gasteiger partial charge on any atom is 0.261 e. The fraction of sp³-hybridized carbons (Fsp3) is 0.600. The lowest BCUT2D eigenvalue weighted by Crippen LogP contribution is -2.53. The van der Waals surface area contributed by atoms with Gasteiger partial charge in [-0.25, -0.2) is 0 Å². The topological polar surface area (TPSA) is 197 Å². The molecule has 1 aliphatic heterocycles. The molecule has 1 aromatic rings. The number of hydrogen-bond acceptors (Lipinski definition) is 12. The van der Waals surface area contributed by atoms with E-state index in [1.165, 1.54) is 19.1 Å². The number of carbonyl (C=O) groups is 6. The van der Waals surface area contributed by atoms with Crippen LogP contribution in [-0.2, 0) is 47.7 Å². The second-order valence-electron chi connectivity index (χ2n) is 9.90. The SMILES string of the molecule is CC(=O)NCCOCCOCCOCCOCCOCCNC(=O)COc1cccc(C(=O)N(C=O)C2CCC(=O)NC2=O)c1C. The summed E-state index contributed by atoms with van der Waals surface area (Å²) in [5, 5.41) is 7.43. The molecule has 6 amide bonds. The summed E-state index contributed by atoms with van der Waals surface area (Å²) in [4.78, 5) is 72.0. The van der Waals surface area contributed by atoms with E-state index in [1.807, 2.05) is 0 Å². The minimum Gasteiger partial charge on any atom is -0.483 e. The number of benzene rings is 1. The molecule has 46 heavy (non-hydrogen) atoms. The monoisotopic (exact) mass is 652 g/mol. The van der Waals surface area contributed by atoms with Gasteiger partial charge < -0.3 is 39.1 Å². The lowest BCUT2D eigenvalue weighted by Gasteiger charge is -2.28. The summed E-state index contributed by atoms with van der Waals surface area (Å²) in [6.07, 6.45) is 0.320. The minimum atomic E-state index is -1.09. The quantitative estimate of drug-likeness (QED) is 0.0709. The third-order valence-corrected chi connectivity index (χ3v) is 6.44. The van der Waals surface area contributed by atoms with Gasteiger partial charge in [-0.05, 0) is 25.5 Å².